The fraction of sp³-hybridized carbons (Fsp3) is 0.130. The number of fused-ring (bicyclic) bond motifs is 1. The van der Waals surface area contributed by atoms with E-state index >= 15 is 0 Å². The first-order valence-corrected chi connectivity index (χ1v) is 11.1. The number of aromatic nitrogens is 2. The highest BCUT2D eigenvalue weighted by Gasteiger charge is 2.25. The van der Waals surface area contributed by atoms with Gasteiger partial charge in [-0.3, -0.25) is 14.9 Å². The number of carbonyl (C=O) groups is 2. The molecule has 2 aromatic carbocycles. The molecule has 0 aliphatic rings. The number of hydrogen-bond acceptors (Lipinski definition) is 6. The number of amides is 1. The van der Waals surface area contributed by atoms with Crippen molar-refractivity contribution < 1.29 is 18.4 Å². The van der Waals surface area contributed by atoms with Gasteiger partial charge in [-0.15, -0.1) is 0 Å². The second-order valence-corrected chi connectivity index (χ2v) is 8.26. The topological polar surface area (TPSA) is 85.1 Å². The molecule has 4 aromatic rings. The number of carbonyl (C=O) groups excluding carboxylic acids is 2. The van der Waals surface area contributed by atoms with Crippen LogP contribution in [0.3, 0.4) is 0 Å². The molecule has 32 heavy (non-hydrogen) atoms. The molecule has 0 aliphatic heterocycles. The maximum Gasteiger partial charge on any atom is 0.278 e. The number of anilines is 1. The number of hydrogen-bond donors (Lipinski definition) is 1. The van der Waals surface area contributed by atoms with Gasteiger partial charge in [0.1, 0.15) is 11.4 Å². The summed E-state index contributed by atoms with van der Waals surface area (Å²) in [7, 11) is 0. The van der Waals surface area contributed by atoms with E-state index in [2.05, 4.69) is 15.3 Å². The lowest BCUT2D eigenvalue weighted by molar-refractivity contribution is 0.101. The summed E-state index contributed by atoms with van der Waals surface area (Å²) >= 11 is 7.56. The Balaban J connectivity index is 1.72. The van der Waals surface area contributed by atoms with Crippen LogP contribution in [0.5, 0.6) is 0 Å². The van der Waals surface area contributed by atoms with Gasteiger partial charge in [-0.25, -0.2) is 14.4 Å². The van der Waals surface area contributed by atoms with E-state index in [9.17, 15) is 14.0 Å². The average Bonchev–Trinajstić information content (AvgIpc) is 3.16. The molecule has 0 aliphatic carbocycles. The van der Waals surface area contributed by atoms with Crippen LogP contribution in [0.2, 0.25) is 5.02 Å². The fourth-order valence-corrected chi connectivity index (χ4v) is 3.89. The third kappa shape index (κ3) is 4.51. The Labute approximate surface area is 192 Å². The van der Waals surface area contributed by atoms with E-state index in [4.69, 9.17) is 16.0 Å². The van der Waals surface area contributed by atoms with E-state index in [1.54, 1.807) is 24.3 Å². The number of benzene rings is 2. The van der Waals surface area contributed by atoms with Crippen LogP contribution in [0.15, 0.2) is 64.3 Å². The Hall–Kier alpha value is -3.23. The van der Waals surface area contributed by atoms with Gasteiger partial charge in [0, 0.05) is 16.7 Å². The predicted molar refractivity (Wildman–Crippen MR) is 122 cm³/mol. The highest BCUT2D eigenvalue weighted by Crippen LogP contribution is 2.32. The predicted octanol–water partition coefficient (Wildman–Crippen LogP) is 6.00. The molecule has 0 spiro atoms. The van der Waals surface area contributed by atoms with Crippen LogP contribution in [-0.2, 0) is 0 Å². The molecule has 6 nitrogen and oxygen atoms in total. The zero-order valence-electron chi connectivity index (χ0n) is 16.9. The molecule has 2 aromatic heterocycles. The van der Waals surface area contributed by atoms with Crippen LogP contribution in [0, 0.1) is 5.82 Å². The van der Waals surface area contributed by atoms with Gasteiger partial charge in [0.2, 0.25) is 5.88 Å². The normalized spacial score (nSPS) is 11.0. The van der Waals surface area contributed by atoms with Crippen molar-refractivity contribution in [1.82, 2.24) is 9.97 Å². The van der Waals surface area contributed by atoms with E-state index in [0.29, 0.717) is 16.1 Å². The van der Waals surface area contributed by atoms with Crippen LogP contribution < -0.4 is 5.32 Å². The van der Waals surface area contributed by atoms with Gasteiger partial charge in [-0.2, -0.15) is 0 Å². The summed E-state index contributed by atoms with van der Waals surface area (Å²) in [5.41, 5.74) is 0.806. The SMILES string of the molecule is CCCSc1ncc(Cl)c(C(=O)Nc2oc3ccccc3c2C(=O)c2ccc(F)cc2)n1. The standard InChI is InChI=1S/C23H17ClFN3O3S/c1-2-11-32-23-26-12-16(24)19(27-23)21(30)28-22-18(15-5-3-4-6-17(15)31-22)20(29)13-7-9-14(25)10-8-13/h3-10,12H,2,11H2,1H3,(H,28,30). The smallest absolute Gasteiger partial charge is 0.278 e. The molecule has 1 amide bonds. The van der Waals surface area contributed by atoms with Crippen LogP contribution in [0.1, 0.15) is 39.8 Å². The Morgan fingerprint density at radius 1 is 1.16 bits per heavy atom. The fourth-order valence-electron chi connectivity index (χ4n) is 3.04. The average molecular weight is 470 g/mol. The van der Waals surface area contributed by atoms with E-state index < -0.39 is 17.5 Å². The largest absolute Gasteiger partial charge is 0.439 e. The second-order valence-electron chi connectivity index (χ2n) is 6.79. The molecular formula is C23H17ClFN3O3S. The molecule has 0 radical (unpaired) electrons. The van der Waals surface area contributed by atoms with Crippen molar-refractivity contribution in [3.63, 3.8) is 0 Å². The number of nitrogens with zero attached hydrogens (tertiary/aromatic N) is 2. The number of rotatable bonds is 7. The molecule has 0 atom stereocenters. The Morgan fingerprint density at radius 3 is 2.66 bits per heavy atom. The summed E-state index contributed by atoms with van der Waals surface area (Å²) < 4.78 is 19.1. The van der Waals surface area contributed by atoms with Gasteiger partial charge in [-0.05, 0) is 36.8 Å². The molecule has 162 valence electrons. The van der Waals surface area contributed by atoms with Crippen LogP contribution in [0.25, 0.3) is 11.0 Å². The van der Waals surface area contributed by atoms with Crippen LogP contribution >= 0.6 is 23.4 Å². The molecule has 0 saturated heterocycles. The Kier molecular flexibility index (Phi) is 6.53. The number of thioether (sulfide) groups is 1. The number of furan rings is 1. The highest BCUT2D eigenvalue weighted by atomic mass is 35.5. The molecule has 4 rings (SSSR count). The minimum Gasteiger partial charge on any atom is -0.439 e. The number of ketones is 1. The van der Waals surface area contributed by atoms with Crippen molar-refractivity contribution in [2.24, 2.45) is 0 Å². The molecular weight excluding hydrogens is 453 g/mol. The van der Waals surface area contributed by atoms with Gasteiger partial charge in [0.25, 0.3) is 5.91 Å². The molecule has 0 saturated carbocycles. The molecule has 1 N–H and O–H groups in total. The summed E-state index contributed by atoms with van der Waals surface area (Å²) in [4.78, 5) is 34.6. The summed E-state index contributed by atoms with van der Waals surface area (Å²) in [6, 6.07) is 12.1. The van der Waals surface area contributed by atoms with Gasteiger partial charge >= 0.3 is 0 Å². The lowest BCUT2D eigenvalue weighted by Gasteiger charge is -2.07. The van der Waals surface area contributed by atoms with Gasteiger partial charge < -0.3 is 4.42 Å². The molecule has 2 heterocycles. The minimum absolute atomic E-state index is 0.0269. The second kappa shape index (κ2) is 9.50. The lowest BCUT2D eigenvalue weighted by Crippen LogP contribution is -2.17. The van der Waals surface area contributed by atoms with E-state index in [1.165, 1.54) is 42.2 Å². The van der Waals surface area contributed by atoms with Crippen LogP contribution in [-0.4, -0.2) is 27.4 Å². The highest BCUT2D eigenvalue weighted by molar-refractivity contribution is 7.99. The molecule has 0 bridgehead atoms. The first kappa shape index (κ1) is 22.0. The number of nitrogens with one attached hydrogen (secondary N) is 1. The summed E-state index contributed by atoms with van der Waals surface area (Å²) in [5, 5.41) is 3.64. The summed E-state index contributed by atoms with van der Waals surface area (Å²) in [6.45, 7) is 2.03. The summed E-state index contributed by atoms with van der Waals surface area (Å²) in [6.07, 6.45) is 2.29. The molecule has 9 heteroatoms. The van der Waals surface area contributed by atoms with E-state index in [0.717, 1.165) is 12.2 Å². The zero-order valence-corrected chi connectivity index (χ0v) is 18.5. The van der Waals surface area contributed by atoms with E-state index in [1.807, 2.05) is 6.92 Å². The third-order valence-electron chi connectivity index (χ3n) is 4.53. The van der Waals surface area contributed by atoms with Gasteiger partial charge in [0.15, 0.2) is 16.6 Å². The molecule has 0 fully saturated rings. The maximum atomic E-state index is 13.3. The van der Waals surface area contributed by atoms with Crippen molar-refractivity contribution >= 4 is 51.9 Å². The van der Waals surface area contributed by atoms with Crippen molar-refractivity contribution in [1.29, 1.82) is 0 Å². The quantitative estimate of drug-likeness (QED) is 0.203. The zero-order chi connectivity index (χ0) is 22.7. The Morgan fingerprint density at radius 2 is 1.91 bits per heavy atom. The third-order valence-corrected chi connectivity index (χ3v) is 5.87. The van der Waals surface area contributed by atoms with Crippen molar-refractivity contribution in [3.05, 3.63) is 82.4 Å². The Bertz CT molecular complexity index is 1310. The molecule has 0 unspecified atom stereocenters. The van der Waals surface area contributed by atoms with Crippen molar-refractivity contribution in [2.75, 3.05) is 11.1 Å². The van der Waals surface area contributed by atoms with Gasteiger partial charge in [-0.1, -0.05) is 48.5 Å². The lowest BCUT2D eigenvalue weighted by atomic mass is 10.0. The van der Waals surface area contributed by atoms with Crippen LogP contribution in [0.4, 0.5) is 10.3 Å². The van der Waals surface area contributed by atoms with Crippen molar-refractivity contribution in [3.8, 4) is 0 Å². The monoisotopic (exact) mass is 469 g/mol. The van der Waals surface area contributed by atoms with Gasteiger partial charge in [0.05, 0.1) is 16.8 Å². The first-order chi connectivity index (χ1) is 15.5. The maximum absolute atomic E-state index is 13.3. The summed E-state index contributed by atoms with van der Waals surface area (Å²) in [5.74, 6) is -0.755. The van der Waals surface area contributed by atoms with Crippen molar-refractivity contribution in [2.45, 2.75) is 18.5 Å². The minimum atomic E-state index is -0.636. The number of halogens is 2. The van der Waals surface area contributed by atoms with E-state index in [-0.39, 0.29) is 27.7 Å². The first-order valence-electron chi connectivity index (χ1n) is 9.76. The number of para-hydroxylation sites is 1.